The van der Waals surface area contributed by atoms with E-state index in [9.17, 15) is 5.11 Å². The molecule has 4 nitrogen and oxygen atoms in total. The Balaban J connectivity index is 2.07. The Hall–Kier alpha value is -1.94. The molecule has 92 valence electrons. The van der Waals surface area contributed by atoms with E-state index in [1.807, 2.05) is 42.5 Å². The standard InChI is InChI=1S/C14H15N3O/c18-14(9-5-2-6-10-14)13-11-15-16-17(13)12-7-3-1-4-8-12/h1,3-5,7-9,11,18H,2,6,10H2. The molecular formula is C14H15N3O. The van der Waals surface area contributed by atoms with E-state index in [4.69, 9.17) is 0 Å². The van der Waals surface area contributed by atoms with Crippen LogP contribution in [0, 0.1) is 0 Å². The van der Waals surface area contributed by atoms with Crippen molar-refractivity contribution in [2.45, 2.75) is 24.9 Å². The highest BCUT2D eigenvalue weighted by molar-refractivity contribution is 5.34. The van der Waals surface area contributed by atoms with Gasteiger partial charge in [0, 0.05) is 0 Å². The topological polar surface area (TPSA) is 50.9 Å². The van der Waals surface area contributed by atoms with Crippen molar-refractivity contribution in [2.24, 2.45) is 0 Å². The van der Waals surface area contributed by atoms with Crippen LogP contribution in [-0.2, 0) is 5.60 Å². The first kappa shape index (κ1) is 11.2. The molecule has 0 bridgehead atoms. The van der Waals surface area contributed by atoms with Gasteiger partial charge < -0.3 is 5.11 Å². The summed E-state index contributed by atoms with van der Waals surface area (Å²) in [6.45, 7) is 0. The van der Waals surface area contributed by atoms with Crippen molar-refractivity contribution in [2.75, 3.05) is 0 Å². The van der Waals surface area contributed by atoms with Crippen LogP contribution in [0.2, 0.25) is 0 Å². The van der Waals surface area contributed by atoms with Gasteiger partial charge in [-0.25, -0.2) is 4.68 Å². The van der Waals surface area contributed by atoms with E-state index in [-0.39, 0.29) is 0 Å². The molecule has 0 fully saturated rings. The highest BCUT2D eigenvalue weighted by atomic mass is 16.3. The summed E-state index contributed by atoms with van der Waals surface area (Å²) in [5, 5.41) is 18.7. The molecule has 0 amide bonds. The van der Waals surface area contributed by atoms with E-state index in [0.29, 0.717) is 6.42 Å². The maximum Gasteiger partial charge on any atom is 0.126 e. The number of nitrogens with zero attached hydrogens (tertiary/aromatic N) is 3. The first-order valence-electron chi connectivity index (χ1n) is 6.16. The molecule has 1 aliphatic carbocycles. The molecule has 1 aromatic carbocycles. The second kappa shape index (κ2) is 4.38. The molecule has 1 aliphatic rings. The van der Waals surface area contributed by atoms with Crippen LogP contribution in [0.1, 0.15) is 25.0 Å². The van der Waals surface area contributed by atoms with Crippen LogP contribution in [0.15, 0.2) is 48.7 Å². The lowest BCUT2D eigenvalue weighted by Crippen LogP contribution is -2.28. The zero-order valence-corrected chi connectivity index (χ0v) is 10.0. The SMILES string of the molecule is OC1(c2cnnn2-c2ccccc2)C=CCCC1. The summed E-state index contributed by atoms with van der Waals surface area (Å²) in [7, 11) is 0. The maximum atomic E-state index is 10.7. The number of aromatic nitrogens is 3. The largest absolute Gasteiger partial charge is 0.379 e. The lowest BCUT2D eigenvalue weighted by Gasteiger charge is -2.27. The number of hydrogen-bond donors (Lipinski definition) is 1. The summed E-state index contributed by atoms with van der Waals surface area (Å²) in [4.78, 5) is 0. The van der Waals surface area contributed by atoms with Gasteiger partial charge in [-0.1, -0.05) is 35.6 Å². The van der Waals surface area contributed by atoms with Crippen LogP contribution < -0.4 is 0 Å². The first-order valence-corrected chi connectivity index (χ1v) is 6.16. The number of para-hydroxylation sites is 1. The predicted molar refractivity (Wildman–Crippen MR) is 68.2 cm³/mol. The molecule has 2 aromatic rings. The summed E-state index contributed by atoms with van der Waals surface area (Å²) in [6, 6.07) is 9.75. The highest BCUT2D eigenvalue weighted by Crippen LogP contribution is 2.32. The maximum absolute atomic E-state index is 10.7. The van der Waals surface area contributed by atoms with Gasteiger partial charge in [-0.05, 0) is 31.4 Å². The van der Waals surface area contributed by atoms with Crippen LogP contribution in [0.3, 0.4) is 0 Å². The number of allylic oxidation sites excluding steroid dienone is 1. The van der Waals surface area contributed by atoms with Gasteiger partial charge in [0.2, 0.25) is 0 Å². The summed E-state index contributed by atoms with van der Waals surface area (Å²) < 4.78 is 1.70. The van der Waals surface area contributed by atoms with Gasteiger partial charge in [0.1, 0.15) is 11.3 Å². The van der Waals surface area contributed by atoms with E-state index in [1.54, 1.807) is 10.9 Å². The molecule has 4 heteroatoms. The van der Waals surface area contributed by atoms with Gasteiger partial charge in [0.25, 0.3) is 0 Å². The Morgan fingerprint density at radius 3 is 2.78 bits per heavy atom. The molecule has 1 N–H and O–H groups in total. The lowest BCUT2D eigenvalue weighted by molar-refractivity contribution is 0.0655. The molecule has 1 aromatic heterocycles. The molecule has 0 spiro atoms. The summed E-state index contributed by atoms with van der Waals surface area (Å²) >= 11 is 0. The van der Waals surface area contributed by atoms with E-state index in [1.165, 1.54) is 0 Å². The van der Waals surface area contributed by atoms with Crippen molar-refractivity contribution in [1.29, 1.82) is 0 Å². The Bertz CT molecular complexity index is 561. The Kier molecular flexibility index (Phi) is 2.72. The Morgan fingerprint density at radius 1 is 1.22 bits per heavy atom. The molecule has 18 heavy (non-hydrogen) atoms. The molecule has 1 unspecified atom stereocenters. The lowest BCUT2D eigenvalue weighted by atomic mass is 9.88. The third-order valence-electron chi connectivity index (χ3n) is 3.32. The highest BCUT2D eigenvalue weighted by Gasteiger charge is 2.32. The van der Waals surface area contributed by atoms with Crippen LogP contribution in [0.25, 0.3) is 5.69 Å². The smallest absolute Gasteiger partial charge is 0.126 e. The van der Waals surface area contributed by atoms with Crippen LogP contribution in [0.4, 0.5) is 0 Å². The van der Waals surface area contributed by atoms with E-state index < -0.39 is 5.60 Å². The minimum absolute atomic E-state index is 0.712. The van der Waals surface area contributed by atoms with Crippen molar-refractivity contribution in [1.82, 2.24) is 15.0 Å². The van der Waals surface area contributed by atoms with Crippen molar-refractivity contribution in [3.63, 3.8) is 0 Å². The number of aliphatic hydroxyl groups is 1. The average molecular weight is 241 g/mol. The number of benzene rings is 1. The molecule has 3 rings (SSSR count). The van der Waals surface area contributed by atoms with E-state index >= 15 is 0 Å². The monoisotopic (exact) mass is 241 g/mol. The quantitative estimate of drug-likeness (QED) is 0.820. The fraction of sp³-hybridized carbons (Fsp3) is 0.286. The Labute approximate surface area is 106 Å². The summed E-state index contributed by atoms with van der Waals surface area (Å²) in [5.74, 6) is 0. The third-order valence-corrected chi connectivity index (χ3v) is 3.32. The van der Waals surface area contributed by atoms with E-state index in [2.05, 4.69) is 10.3 Å². The van der Waals surface area contributed by atoms with Crippen LogP contribution >= 0.6 is 0 Å². The molecule has 0 saturated carbocycles. The van der Waals surface area contributed by atoms with E-state index in [0.717, 1.165) is 24.2 Å². The van der Waals surface area contributed by atoms with Crippen LogP contribution in [0.5, 0.6) is 0 Å². The molecule has 0 saturated heterocycles. The molecule has 1 atom stereocenters. The van der Waals surface area contributed by atoms with Crippen molar-refractivity contribution in [3.8, 4) is 5.69 Å². The molecular weight excluding hydrogens is 226 g/mol. The van der Waals surface area contributed by atoms with Gasteiger partial charge in [-0.2, -0.15) is 0 Å². The van der Waals surface area contributed by atoms with Gasteiger partial charge in [0.15, 0.2) is 0 Å². The fourth-order valence-corrected chi connectivity index (χ4v) is 2.35. The normalized spacial score (nSPS) is 23.2. The molecule has 0 radical (unpaired) electrons. The molecule has 0 aliphatic heterocycles. The average Bonchev–Trinajstić information content (AvgIpc) is 2.91. The van der Waals surface area contributed by atoms with Gasteiger partial charge in [0.05, 0.1) is 11.9 Å². The van der Waals surface area contributed by atoms with Gasteiger partial charge >= 0.3 is 0 Å². The second-order valence-electron chi connectivity index (χ2n) is 4.59. The van der Waals surface area contributed by atoms with Crippen LogP contribution in [-0.4, -0.2) is 20.1 Å². The first-order chi connectivity index (χ1) is 8.80. The minimum Gasteiger partial charge on any atom is -0.379 e. The van der Waals surface area contributed by atoms with Crippen molar-refractivity contribution >= 4 is 0 Å². The fourth-order valence-electron chi connectivity index (χ4n) is 2.35. The zero-order valence-electron chi connectivity index (χ0n) is 10.0. The van der Waals surface area contributed by atoms with Gasteiger partial charge in [-0.15, -0.1) is 5.10 Å². The third kappa shape index (κ3) is 1.84. The summed E-state index contributed by atoms with van der Waals surface area (Å²) in [6.07, 6.45) is 8.23. The minimum atomic E-state index is -0.947. The Morgan fingerprint density at radius 2 is 2.06 bits per heavy atom. The second-order valence-corrected chi connectivity index (χ2v) is 4.59. The number of hydrogen-bond acceptors (Lipinski definition) is 3. The molecule has 1 heterocycles. The number of rotatable bonds is 2. The van der Waals surface area contributed by atoms with Gasteiger partial charge in [-0.3, -0.25) is 0 Å². The predicted octanol–water partition coefficient (Wildman–Crippen LogP) is 2.20. The van der Waals surface area contributed by atoms with Crippen molar-refractivity contribution in [3.05, 3.63) is 54.4 Å². The van der Waals surface area contributed by atoms with Crippen molar-refractivity contribution < 1.29 is 5.11 Å². The summed E-state index contributed by atoms with van der Waals surface area (Å²) in [5.41, 5.74) is 0.694. The zero-order chi connectivity index (χ0) is 12.4.